The lowest BCUT2D eigenvalue weighted by Crippen LogP contribution is -2.41. The normalized spacial score (nSPS) is 13.7. The molecular weight excluding hydrogens is 228 g/mol. The van der Waals surface area contributed by atoms with E-state index in [0.717, 1.165) is 6.42 Å². The summed E-state index contributed by atoms with van der Waals surface area (Å²) in [6, 6.07) is 0. The first-order chi connectivity index (χ1) is 8.30. The summed E-state index contributed by atoms with van der Waals surface area (Å²) in [5.41, 5.74) is 5.39. The highest BCUT2D eigenvalue weighted by molar-refractivity contribution is 5.76. The maximum Gasteiger partial charge on any atom is 0.220 e. The van der Waals surface area contributed by atoms with Gasteiger partial charge in [-0.1, -0.05) is 13.8 Å². The number of amides is 1. The zero-order chi connectivity index (χ0) is 14.2. The van der Waals surface area contributed by atoms with Gasteiger partial charge in [-0.05, 0) is 45.6 Å². The first-order valence-corrected chi connectivity index (χ1v) is 6.91. The van der Waals surface area contributed by atoms with Crippen molar-refractivity contribution in [2.75, 3.05) is 19.7 Å². The third-order valence-electron chi connectivity index (χ3n) is 2.86. The maximum atomic E-state index is 11.8. The Kier molecular flexibility index (Phi) is 8.20. The third kappa shape index (κ3) is 8.48. The van der Waals surface area contributed by atoms with Crippen molar-refractivity contribution in [3.63, 3.8) is 0 Å². The molecule has 4 nitrogen and oxygen atoms in total. The summed E-state index contributed by atoms with van der Waals surface area (Å²) < 4.78 is 5.54. The van der Waals surface area contributed by atoms with E-state index in [1.165, 1.54) is 0 Å². The molecule has 108 valence electrons. The number of hydrogen-bond acceptors (Lipinski definition) is 3. The fourth-order valence-corrected chi connectivity index (χ4v) is 2.02. The molecule has 0 aliphatic rings. The fraction of sp³-hybridized carbons (Fsp3) is 0.929. The van der Waals surface area contributed by atoms with Gasteiger partial charge in [0.15, 0.2) is 0 Å². The molecule has 0 radical (unpaired) electrons. The standard InChI is InChI=1S/C14H30N2O2/c1-6-18-14(4,5)10-16-13(17)8-12(9-15)7-11(2)3/h11-12H,6-10,15H2,1-5H3,(H,16,17)/t12-/m0/s1. The minimum Gasteiger partial charge on any atom is -0.374 e. The van der Waals surface area contributed by atoms with Crippen LogP contribution in [0, 0.1) is 11.8 Å². The Labute approximate surface area is 112 Å². The number of carbonyl (C=O) groups is 1. The molecule has 0 heterocycles. The van der Waals surface area contributed by atoms with Crippen molar-refractivity contribution in [1.29, 1.82) is 0 Å². The van der Waals surface area contributed by atoms with Crippen LogP contribution >= 0.6 is 0 Å². The van der Waals surface area contributed by atoms with Gasteiger partial charge in [0.1, 0.15) is 0 Å². The van der Waals surface area contributed by atoms with E-state index in [2.05, 4.69) is 19.2 Å². The molecule has 0 unspecified atom stereocenters. The molecule has 0 bridgehead atoms. The lowest BCUT2D eigenvalue weighted by molar-refractivity contribution is -0.123. The van der Waals surface area contributed by atoms with Gasteiger partial charge in [-0.2, -0.15) is 0 Å². The molecule has 0 fully saturated rings. The Morgan fingerprint density at radius 2 is 2.00 bits per heavy atom. The van der Waals surface area contributed by atoms with Crippen molar-refractivity contribution in [3.8, 4) is 0 Å². The Morgan fingerprint density at radius 1 is 1.39 bits per heavy atom. The van der Waals surface area contributed by atoms with Gasteiger partial charge in [0.2, 0.25) is 5.91 Å². The molecule has 0 aromatic rings. The summed E-state index contributed by atoms with van der Waals surface area (Å²) in [5, 5.41) is 2.93. The maximum absolute atomic E-state index is 11.8. The van der Waals surface area contributed by atoms with Crippen molar-refractivity contribution >= 4 is 5.91 Å². The van der Waals surface area contributed by atoms with Crippen molar-refractivity contribution in [2.24, 2.45) is 17.6 Å². The van der Waals surface area contributed by atoms with E-state index in [4.69, 9.17) is 10.5 Å². The first kappa shape index (κ1) is 17.4. The molecular formula is C14H30N2O2. The second kappa shape index (κ2) is 8.48. The number of carbonyl (C=O) groups excluding carboxylic acids is 1. The third-order valence-corrected chi connectivity index (χ3v) is 2.86. The lowest BCUT2D eigenvalue weighted by atomic mass is 9.94. The minimum absolute atomic E-state index is 0.0684. The van der Waals surface area contributed by atoms with Crippen LogP contribution < -0.4 is 11.1 Å². The lowest BCUT2D eigenvalue weighted by Gasteiger charge is -2.25. The Bertz CT molecular complexity index is 240. The minimum atomic E-state index is -0.305. The van der Waals surface area contributed by atoms with E-state index in [0.29, 0.717) is 32.0 Å². The van der Waals surface area contributed by atoms with Crippen LogP contribution in [0.2, 0.25) is 0 Å². The van der Waals surface area contributed by atoms with Gasteiger partial charge in [0, 0.05) is 19.6 Å². The number of nitrogens with two attached hydrogens (primary N) is 1. The van der Waals surface area contributed by atoms with Crippen LogP contribution in [-0.2, 0) is 9.53 Å². The van der Waals surface area contributed by atoms with Crippen LogP contribution in [0.1, 0.15) is 47.5 Å². The Balaban J connectivity index is 4.02. The van der Waals surface area contributed by atoms with Gasteiger partial charge in [-0.15, -0.1) is 0 Å². The van der Waals surface area contributed by atoms with E-state index in [1.54, 1.807) is 0 Å². The van der Waals surface area contributed by atoms with Crippen molar-refractivity contribution < 1.29 is 9.53 Å². The fourth-order valence-electron chi connectivity index (χ4n) is 2.02. The average Bonchev–Trinajstić information content (AvgIpc) is 2.25. The van der Waals surface area contributed by atoms with E-state index in [9.17, 15) is 4.79 Å². The van der Waals surface area contributed by atoms with Gasteiger partial charge in [-0.25, -0.2) is 0 Å². The smallest absolute Gasteiger partial charge is 0.220 e. The summed E-state index contributed by atoms with van der Waals surface area (Å²) >= 11 is 0. The van der Waals surface area contributed by atoms with Crippen LogP contribution in [-0.4, -0.2) is 31.2 Å². The number of hydrogen-bond donors (Lipinski definition) is 2. The first-order valence-electron chi connectivity index (χ1n) is 6.91. The summed E-state index contributed by atoms with van der Waals surface area (Å²) in [7, 11) is 0. The molecule has 0 rings (SSSR count). The number of nitrogens with one attached hydrogen (secondary N) is 1. The summed E-state index contributed by atoms with van der Waals surface area (Å²) in [6.45, 7) is 12.0. The van der Waals surface area contributed by atoms with Gasteiger partial charge in [0.05, 0.1) is 5.60 Å². The molecule has 0 aliphatic carbocycles. The zero-order valence-electron chi connectivity index (χ0n) is 12.6. The molecule has 0 aromatic carbocycles. The van der Waals surface area contributed by atoms with Crippen molar-refractivity contribution in [1.82, 2.24) is 5.32 Å². The average molecular weight is 258 g/mol. The molecule has 1 amide bonds. The Hall–Kier alpha value is -0.610. The molecule has 0 spiro atoms. The topological polar surface area (TPSA) is 64.3 Å². The van der Waals surface area contributed by atoms with Crippen LogP contribution in [0.15, 0.2) is 0 Å². The molecule has 0 saturated carbocycles. The predicted molar refractivity (Wildman–Crippen MR) is 75.3 cm³/mol. The molecule has 0 saturated heterocycles. The summed E-state index contributed by atoms with van der Waals surface area (Å²) in [6.07, 6.45) is 1.51. The summed E-state index contributed by atoms with van der Waals surface area (Å²) in [4.78, 5) is 11.8. The number of rotatable bonds is 9. The van der Waals surface area contributed by atoms with Crippen LogP contribution in [0.3, 0.4) is 0 Å². The predicted octanol–water partition coefficient (Wildman–Crippen LogP) is 1.93. The molecule has 3 N–H and O–H groups in total. The molecule has 0 aromatic heterocycles. The van der Waals surface area contributed by atoms with E-state index in [-0.39, 0.29) is 17.4 Å². The van der Waals surface area contributed by atoms with Gasteiger partial charge in [0.25, 0.3) is 0 Å². The highest BCUT2D eigenvalue weighted by atomic mass is 16.5. The molecule has 18 heavy (non-hydrogen) atoms. The van der Waals surface area contributed by atoms with E-state index >= 15 is 0 Å². The summed E-state index contributed by atoms with van der Waals surface area (Å²) in [5.74, 6) is 0.922. The quantitative estimate of drug-likeness (QED) is 0.664. The molecule has 0 aliphatic heterocycles. The van der Waals surface area contributed by atoms with E-state index < -0.39 is 0 Å². The Morgan fingerprint density at radius 3 is 2.44 bits per heavy atom. The zero-order valence-corrected chi connectivity index (χ0v) is 12.6. The molecule has 4 heteroatoms. The SMILES string of the molecule is CCOC(C)(C)CNC(=O)C[C@@H](CN)CC(C)C. The highest BCUT2D eigenvalue weighted by Gasteiger charge is 2.20. The van der Waals surface area contributed by atoms with Crippen molar-refractivity contribution in [2.45, 2.75) is 53.1 Å². The van der Waals surface area contributed by atoms with Crippen LogP contribution in [0.25, 0.3) is 0 Å². The molecule has 1 atom stereocenters. The number of ether oxygens (including phenoxy) is 1. The van der Waals surface area contributed by atoms with E-state index in [1.807, 2.05) is 20.8 Å². The second-order valence-electron chi connectivity index (χ2n) is 5.90. The highest BCUT2D eigenvalue weighted by Crippen LogP contribution is 2.14. The van der Waals surface area contributed by atoms with Gasteiger partial charge < -0.3 is 15.8 Å². The monoisotopic (exact) mass is 258 g/mol. The van der Waals surface area contributed by atoms with Crippen LogP contribution in [0.5, 0.6) is 0 Å². The second-order valence-corrected chi connectivity index (χ2v) is 5.90. The van der Waals surface area contributed by atoms with Gasteiger partial charge in [-0.3, -0.25) is 4.79 Å². The van der Waals surface area contributed by atoms with Crippen molar-refractivity contribution in [3.05, 3.63) is 0 Å². The van der Waals surface area contributed by atoms with Crippen LogP contribution in [0.4, 0.5) is 0 Å². The largest absolute Gasteiger partial charge is 0.374 e. The van der Waals surface area contributed by atoms with Gasteiger partial charge >= 0.3 is 0 Å².